The lowest BCUT2D eigenvalue weighted by Gasteiger charge is -2.14. The highest BCUT2D eigenvalue weighted by atomic mass is 35.5. The highest BCUT2D eigenvalue weighted by Crippen LogP contribution is 2.29. The maximum Gasteiger partial charge on any atom is 0.252 e. The Kier molecular flexibility index (Phi) is 5.12. The molecule has 132 valence electrons. The van der Waals surface area contributed by atoms with Crippen LogP contribution >= 0.6 is 34.3 Å². The first-order chi connectivity index (χ1) is 11.8. The second kappa shape index (κ2) is 7.00. The van der Waals surface area contributed by atoms with Gasteiger partial charge in [-0.05, 0) is 30.7 Å². The summed E-state index contributed by atoms with van der Waals surface area (Å²) in [6.07, 6.45) is 0. The Bertz CT molecular complexity index is 1040. The highest BCUT2D eigenvalue weighted by Gasteiger charge is 2.25. The van der Waals surface area contributed by atoms with Crippen LogP contribution in [0.25, 0.3) is 10.2 Å². The van der Waals surface area contributed by atoms with Crippen LogP contribution in [0.3, 0.4) is 0 Å². The minimum Gasteiger partial charge on any atom is -0.301 e. The van der Waals surface area contributed by atoms with Gasteiger partial charge in [0.2, 0.25) is 5.91 Å². The van der Waals surface area contributed by atoms with E-state index in [2.05, 4.69) is 10.3 Å². The minimum absolute atomic E-state index is 0.100. The van der Waals surface area contributed by atoms with Gasteiger partial charge >= 0.3 is 0 Å². The van der Waals surface area contributed by atoms with Gasteiger partial charge in [-0.1, -0.05) is 35.1 Å². The quantitative estimate of drug-likeness (QED) is 0.690. The molecule has 0 spiro atoms. The summed E-state index contributed by atoms with van der Waals surface area (Å²) < 4.78 is 27.2. The normalized spacial score (nSPS) is 12.0. The van der Waals surface area contributed by atoms with Gasteiger partial charge in [0, 0.05) is 7.05 Å². The van der Waals surface area contributed by atoms with Crippen molar-refractivity contribution in [2.75, 3.05) is 18.9 Å². The van der Waals surface area contributed by atoms with Crippen LogP contribution in [0.1, 0.15) is 5.56 Å². The summed E-state index contributed by atoms with van der Waals surface area (Å²) in [6, 6.07) is 8.73. The first kappa shape index (κ1) is 18.3. The zero-order chi connectivity index (χ0) is 18.2. The summed E-state index contributed by atoms with van der Waals surface area (Å²) in [7, 11) is -2.40. The molecule has 2 heterocycles. The fourth-order valence-electron chi connectivity index (χ4n) is 2.18. The Morgan fingerprint density at radius 2 is 2.04 bits per heavy atom. The molecule has 0 unspecified atom stereocenters. The number of rotatable bonds is 5. The number of carbonyl (C=O) groups is 1. The maximum atomic E-state index is 12.4. The molecule has 2 aromatic heterocycles. The van der Waals surface area contributed by atoms with Crippen molar-refractivity contribution in [2.45, 2.75) is 11.1 Å². The van der Waals surface area contributed by atoms with Crippen molar-refractivity contribution in [3.63, 3.8) is 0 Å². The summed E-state index contributed by atoms with van der Waals surface area (Å²) in [5.41, 5.74) is 1.85. The molecule has 10 heteroatoms. The molecule has 0 aliphatic rings. The lowest BCUT2D eigenvalue weighted by Crippen LogP contribution is -2.34. The van der Waals surface area contributed by atoms with Crippen molar-refractivity contribution < 1.29 is 13.2 Å². The predicted molar refractivity (Wildman–Crippen MR) is 102 cm³/mol. The highest BCUT2D eigenvalue weighted by molar-refractivity contribution is 7.91. The van der Waals surface area contributed by atoms with E-state index in [1.165, 1.54) is 30.5 Å². The van der Waals surface area contributed by atoms with Crippen LogP contribution in [0.2, 0.25) is 4.34 Å². The molecule has 25 heavy (non-hydrogen) atoms. The molecule has 0 aliphatic carbocycles. The summed E-state index contributed by atoms with van der Waals surface area (Å²) in [5, 5.41) is 3.10. The average molecular weight is 416 g/mol. The zero-order valence-corrected chi connectivity index (χ0v) is 16.5. The molecule has 0 saturated carbocycles. The Hall–Kier alpha value is -1.52. The van der Waals surface area contributed by atoms with Gasteiger partial charge in [0.15, 0.2) is 5.13 Å². The van der Waals surface area contributed by atoms with Crippen LogP contribution in [0, 0.1) is 6.92 Å². The first-order valence-electron chi connectivity index (χ1n) is 7.15. The fraction of sp³-hybridized carbons (Fsp3) is 0.200. The van der Waals surface area contributed by atoms with Gasteiger partial charge in [-0.15, -0.1) is 11.3 Å². The van der Waals surface area contributed by atoms with Gasteiger partial charge in [0.1, 0.15) is 4.21 Å². The molecular formula is C15H14ClN3O3S3. The van der Waals surface area contributed by atoms with E-state index in [1.807, 2.05) is 25.1 Å². The first-order valence-corrected chi connectivity index (χ1v) is 10.6. The van der Waals surface area contributed by atoms with Crippen molar-refractivity contribution in [1.29, 1.82) is 0 Å². The molecule has 1 aromatic carbocycles. The van der Waals surface area contributed by atoms with Crippen LogP contribution in [-0.4, -0.2) is 37.2 Å². The number of thiazole rings is 1. The van der Waals surface area contributed by atoms with E-state index in [0.29, 0.717) is 9.47 Å². The summed E-state index contributed by atoms with van der Waals surface area (Å²) in [4.78, 5) is 16.6. The number of anilines is 1. The standard InChI is InChI=1S/C15H14ClN3O3S3/c1-9-4-3-5-10-14(9)18-15(23-10)17-12(20)8-19(2)25(21,22)13-7-6-11(16)24-13/h3-7H,8H2,1-2H3,(H,17,18,20). The van der Waals surface area contributed by atoms with Crippen molar-refractivity contribution in [1.82, 2.24) is 9.29 Å². The van der Waals surface area contributed by atoms with Crippen LogP contribution < -0.4 is 5.32 Å². The molecule has 0 radical (unpaired) electrons. The monoisotopic (exact) mass is 415 g/mol. The number of nitrogens with zero attached hydrogens (tertiary/aromatic N) is 2. The molecule has 0 atom stereocenters. The third-order valence-electron chi connectivity index (χ3n) is 3.45. The number of likely N-dealkylation sites (N-methyl/N-ethyl adjacent to an activating group) is 1. The number of sulfonamides is 1. The number of carbonyl (C=O) groups excluding carboxylic acids is 1. The number of amides is 1. The number of aryl methyl sites for hydroxylation is 1. The number of para-hydroxylation sites is 1. The number of fused-ring (bicyclic) bond motifs is 1. The lowest BCUT2D eigenvalue weighted by molar-refractivity contribution is -0.116. The van der Waals surface area contributed by atoms with Crippen LogP contribution in [0.15, 0.2) is 34.5 Å². The number of hydrogen-bond acceptors (Lipinski definition) is 6. The number of thiophene rings is 1. The van der Waals surface area contributed by atoms with E-state index >= 15 is 0 Å². The van der Waals surface area contributed by atoms with Crippen molar-refractivity contribution in [3.05, 3.63) is 40.2 Å². The minimum atomic E-state index is -3.75. The summed E-state index contributed by atoms with van der Waals surface area (Å²) in [6.45, 7) is 1.63. The van der Waals surface area contributed by atoms with Crippen molar-refractivity contribution in [3.8, 4) is 0 Å². The van der Waals surface area contributed by atoms with Crippen LogP contribution in [0.4, 0.5) is 5.13 Å². The molecule has 0 saturated heterocycles. The Morgan fingerprint density at radius 3 is 2.68 bits per heavy atom. The smallest absolute Gasteiger partial charge is 0.252 e. The lowest BCUT2D eigenvalue weighted by atomic mass is 10.2. The van der Waals surface area contributed by atoms with Crippen molar-refractivity contribution >= 4 is 65.6 Å². The molecular weight excluding hydrogens is 402 g/mol. The van der Waals surface area contributed by atoms with E-state index in [1.54, 1.807) is 0 Å². The number of benzene rings is 1. The van der Waals surface area contributed by atoms with E-state index in [0.717, 1.165) is 31.4 Å². The van der Waals surface area contributed by atoms with Gasteiger partial charge in [-0.3, -0.25) is 4.79 Å². The predicted octanol–water partition coefficient (Wildman–Crippen LogP) is 3.58. The fourth-order valence-corrected chi connectivity index (χ4v) is 5.96. The van der Waals surface area contributed by atoms with E-state index in [-0.39, 0.29) is 10.8 Å². The van der Waals surface area contributed by atoms with Gasteiger partial charge in [0.25, 0.3) is 10.0 Å². The average Bonchev–Trinajstić information content (AvgIpc) is 3.14. The number of nitrogens with one attached hydrogen (secondary N) is 1. The molecule has 3 aromatic rings. The van der Waals surface area contributed by atoms with Gasteiger partial charge < -0.3 is 5.32 Å². The topological polar surface area (TPSA) is 79.4 Å². The molecule has 6 nitrogen and oxygen atoms in total. The third kappa shape index (κ3) is 3.85. The van der Waals surface area contributed by atoms with Crippen LogP contribution in [0.5, 0.6) is 0 Å². The maximum absolute atomic E-state index is 12.4. The summed E-state index contributed by atoms with van der Waals surface area (Å²) >= 11 is 8.09. The molecule has 1 N–H and O–H groups in total. The number of hydrogen-bond donors (Lipinski definition) is 1. The zero-order valence-electron chi connectivity index (χ0n) is 13.3. The van der Waals surface area contributed by atoms with Crippen molar-refractivity contribution in [2.24, 2.45) is 0 Å². The Balaban J connectivity index is 1.72. The van der Waals surface area contributed by atoms with Gasteiger partial charge in [-0.25, -0.2) is 13.4 Å². The van der Waals surface area contributed by atoms with E-state index < -0.39 is 15.9 Å². The largest absolute Gasteiger partial charge is 0.301 e. The molecule has 0 fully saturated rings. The molecule has 3 rings (SSSR count). The van der Waals surface area contributed by atoms with E-state index in [9.17, 15) is 13.2 Å². The van der Waals surface area contributed by atoms with Crippen LogP contribution in [-0.2, 0) is 14.8 Å². The van der Waals surface area contributed by atoms with Gasteiger partial charge in [-0.2, -0.15) is 4.31 Å². The Morgan fingerprint density at radius 1 is 1.28 bits per heavy atom. The molecule has 0 bridgehead atoms. The van der Waals surface area contributed by atoms with Gasteiger partial charge in [0.05, 0.1) is 21.1 Å². The second-order valence-corrected chi connectivity index (χ2v) is 10.3. The molecule has 1 amide bonds. The third-order valence-corrected chi connectivity index (χ3v) is 7.88. The SMILES string of the molecule is Cc1cccc2sc(NC(=O)CN(C)S(=O)(=O)c3ccc(Cl)s3)nc12. The Labute approximate surface area is 158 Å². The number of halogens is 1. The van der Waals surface area contributed by atoms with E-state index in [4.69, 9.17) is 11.6 Å². The number of aromatic nitrogens is 1. The molecule has 0 aliphatic heterocycles. The summed E-state index contributed by atoms with van der Waals surface area (Å²) in [5.74, 6) is -0.453. The second-order valence-electron chi connectivity index (χ2n) is 5.31.